The van der Waals surface area contributed by atoms with Gasteiger partial charge >= 0.3 is 0 Å². The van der Waals surface area contributed by atoms with Gasteiger partial charge < -0.3 is 9.88 Å². The lowest BCUT2D eigenvalue weighted by molar-refractivity contribution is -0.127. The highest BCUT2D eigenvalue weighted by Gasteiger charge is 2.30. The average molecular weight is 340 g/mol. The maximum Gasteiger partial charge on any atom is 0.223 e. The third-order valence-corrected chi connectivity index (χ3v) is 6.06. The monoisotopic (exact) mass is 340 g/mol. The molecular weight excluding hydrogens is 316 g/mol. The van der Waals surface area contributed by atoms with Gasteiger partial charge in [-0.05, 0) is 26.2 Å². The SMILES string of the molecule is Cc1cn2c(n1)CCC(NC(=O)C1CCN(S(C)(=O)=O)CC1)C2. The van der Waals surface area contributed by atoms with Crippen LogP contribution in [0, 0.1) is 12.8 Å². The van der Waals surface area contributed by atoms with E-state index in [0.717, 1.165) is 30.9 Å². The molecule has 23 heavy (non-hydrogen) atoms. The van der Waals surface area contributed by atoms with Crippen molar-refractivity contribution in [2.75, 3.05) is 19.3 Å². The number of nitrogens with zero attached hydrogens (tertiary/aromatic N) is 3. The zero-order chi connectivity index (χ0) is 16.6. The van der Waals surface area contributed by atoms with E-state index in [0.29, 0.717) is 25.9 Å². The summed E-state index contributed by atoms with van der Waals surface area (Å²) in [5, 5.41) is 3.14. The van der Waals surface area contributed by atoms with Crippen molar-refractivity contribution >= 4 is 15.9 Å². The molecule has 7 nitrogen and oxygen atoms in total. The van der Waals surface area contributed by atoms with E-state index < -0.39 is 10.0 Å². The molecule has 0 spiro atoms. The number of aryl methyl sites for hydroxylation is 2. The van der Waals surface area contributed by atoms with Gasteiger partial charge in [0.1, 0.15) is 5.82 Å². The molecule has 1 fully saturated rings. The van der Waals surface area contributed by atoms with Gasteiger partial charge in [-0.3, -0.25) is 4.79 Å². The number of imidazole rings is 1. The lowest BCUT2D eigenvalue weighted by atomic mass is 9.96. The van der Waals surface area contributed by atoms with Crippen LogP contribution >= 0.6 is 0 Å². The average Bonchev–Trinajstić information content (AvgIpc) is 2.86. The maximum absolute atomic E-state index is 12.4. The normalized spacial score (nSPS) is 23.5. The number of nitrogens with one attached hydrogen (secondary N) is 1. The van der Waals surface area contributed by atoms with Crippen LogP contribution in [0.15, 0.2) is 6.20 Å². The predicted octanol–water partition coefficient (Wildman–Crippen LogP) is 0.294. The summed E-state index contributed by atoms with van der Waals surface area (Å²) in [4.78, 5) is 16.9. The highest BCUT2D eigenvalue weighted by molar-refractivity contribution is 7.88. The van der Waals surface area contributed by atoms with Crippen molar-refractivity contribution in [2.45, 2.75) is 45.2 Å². The van der Waals surface area contributed by atoms with Crippen LogP contribution in [-0.4, -0.2) is 53.6 Å². The number of carbonyl (C=O) groups is 1. The van der Waals surface area contributed by atoms with Crippen LogP contribution in [0.2, 0.25) is 0 Å². The van der Waals surface area contributed by atoms with E-state index in [1.165, 1.54) is 10.6 Å². The van der Waals surface area contributed by atoms with E-state index in [-0.39, 0.29) is 17.9 Å². The van der Waals surface area contributed by atoms with Crippen molar-refractivity contribution in [3.05, 3.63) is 17.7 Å². The van der Waals surface area contributed by atoms with Crippen LogP contribution in [0.5, 0.6) is 0 Å². The highest BCUT2D eigenvalue weighted by Crippen LogP contribution is 2.21. The van der Waals surface area contributed by atoms with Gasteiger partial charge in [-0.1, -0.05) is 0 Å². The van der Waals surface area contributed by atoms with Crippen molar-refractivity contribution < 1.29 is 13.2 Å². The Bertz CT molecular complexity index is 690. The summed E-state index contributed by atoms with van der Waals surface area (Å²) < 4.78 is 26.6. The van der Waals surface area contributed by atoms with Gasteiger partial charge in [-0.15, -0.1) is 0 Å². The summed E-state index contributed by atoms with van der Waals surface area (Å²) >= 11 is 0. The molecule has 0 aromatic carbocycles. The van der Waals surface area contributed by atoms with Crippen LogP contribution < -0.4 is 5.32 Å². The van der Waals surface area contributed by atoms with E-state index in [2.05, 4.69) is 14.9 Å². The third kappa shape index (κ3) is 3.74. The van der Waals surface area contributed by atoms with E-state index in [9.17, 15) is 13.2 Å². The quantitative estimate of drug-likeness (QED) is 0.857. The Labute approximate surface area is 137 Å². The number of sulfonamides is 1. The maximum atomic E-state index is 12.4. The second kappa shape index (κ2) is 6.24. The molecule has 3 heterocycles. The Balaban J connectivity index is 1.53. The minimum Gasteiger partial charge on any atom is -0.351 e. The fourth-order valence-electron chi connectivity index (χ4n) is 3.47. The summed E-state index contributed by atoms with van der Waals surface area (Å²) in [5.74, 6) is 1.07. The van der Waals surface area contributed by atoms with Gasteiger partial charge in [0.25, 0.3) is 0 Å². The van der Waals surface area contributed by atoms with Crippen molar-refractivity contribution in [2.24, 2.45) is 5.92 Å². The van der Waals surface area contributed by atoms with Gasteiger partial charge in [-0.2, -0.15) is 0 Å². The molecule has 128 valence electrons. The molecule has 2 aliphatic heterocycles. The number of rotatable bonds is 3. The summed E-state index contributed by atoms with van der Waals surface area (Å²) in [6.45, 7) is 3.62. The lowest BCUT2D eigenvalue weighted by Crippen LogP contribution is -2.47. The van der Waals surface area contributed by atoms with Crippen molar-refractivity contribution in [1.29, 1.82) is 0 Å². The number of aromatic nitrogens is 2. The fourth-order valence-corrected chi connectivity index (χ4v) is 4.35. The summed E-state index contributed by atoms with van der Waals surface area (Å²) in [6.07, 6.45) is 6.23. The first-order valence-electron chi connectivity index (χ1n) is 8.11. The fraction of sp³-hybridized carbons (Fsp3) is 0.733. The van der Waals surface area contributed by atoms with Crippen molar-refractivity contribution in [3.63, 3.8) is 0 Å². The zero-order valence-corrected chi connectivity index (χ0v) is 14.5. The largest absolute Gasteiger partial charge is 0.351 e. The van der Waals surface area contributed by atoms with Crippen molar-refractivity contribution in [1.82, 2.24) is 19.2 Å². The number of hydrogen-bond donors (Lipinski definition) is 1. The Morgan fingerprint density at radius 2 is 2.00 bits per heavy atom. The Hall–Kier alpha value is -1.41. The number of piperidine rings is 1. The summed E-state index contributed by atoms with van der Waals surface area (Å²) in [5.41, 5.74) is 1.01. The van der Waals surface area contributed by atoms with Crippen LogP contribution in [0.4, 0.5) is 0 Å². The Morgan fingerprint density at radius 1 is 1.30 bits per heavy atom. The smallest absolute Gasteiger partial charge is 0.223 e. The number of amides is 1. The lowest BCUT2D eigenvalue weighted by Gasteiger charge is -2.31. The third-order valence-electron chi connectivity index (χ3n) is 4.75. The topological polar surface area (TPSA) is 84.3 Å². The molecule has 3 rings (SSSR count). The van der Waals surface area contributed by atoms with Crippen LogP contribution in [0.3, 0.4) is 0 Å². The van der Waals surface area contributed by atoms with E-state index >= 15 is 0 Å². The molecule has 0 bridgehead atoms. The number of hydrogen-bond acceptors (Lipinski definition) is 4. The second-order valence-corrected chi connectivity index (χ2v) is 8.61. The first-order chi connectivity index (χ1) is 10.8. The van der Waals surface area contributed by atoms with Gasteiger partial charge in [0.05, 0.1) is 11.9 Å². The molecule has 1 aromatic rings. The van der Waals surface area contributed by atoms with Crippen LogP contribution in [0.25, 0.3) is 0 Å². The van der Waals surface area contributed by atoms with Gasteiger partial charge in [0.2, 0.25) is 15.9 Å². The first kappa shape index (κ1) is 16.4. The van der Waals surface area contributed by atoms with E-state index in [4.69, 9.17) is 0 Å². The Morgan fingerprint density at radius 3 is 2.65 bits per heavy atom. The molecular formula is C15H24N4O3S. The molecule has 1 aromatic heterocycles. The first-order valence-corrected chi connectivity index (χ1v) is 9.96. The standard InChI is InChI=1S/C15H24N4O3S/c1-11-9-18-10-13(3-4-14(18)16-11)17-15(20)12-5-7-19(8-6-12)23(2,21)22/h9,12-13H,3-8,10H2,1-2H3,(H,17,20). The number of fused-ring (bicyclic) bond motifs is 1. The van der Waals surface area contributed by atoms with Gasteiger partial charge in [-0.25, -0.2) is 17.7 Å². The molecule has 0 radical (unpaired) electrons. The molecule has 0 saturated carbocycles. The van der Waals surface area contributed by atoms with E-state index in [1.807, 2.05) is 13.1 Å². The highest BCUT2D eigenvalue weighted by atomic mass is 32.2. The van der Waals surface area contributed by atoms with Crippen LogP contribution in [-0.2, 0) is 27.8 Å². The molecule has 8 heteroatoms. The number of carbonyl (C=O) groups excluding carboxylic acids is 1. The molecule has 1 amide bonds. The molecule has 1 unspecified atom stereocenters. The molecule has 1 atom stereocenters. The minimum atomic E-state index is -3.14. The molecule has 1 saturated heterocycles. The predicted molar refractivity (Wildman–Crippen MR) is 86.4 cm³/mol. The molecule has 0 aliphatic carbocycles. The second-order valence-electron chi connectivity index (χ2n) is 6.63. The van der Waals surface area contributed by atoms with Crippen LogP contribution in [0.1, 0.15) is 30.8 Å². The summed E-state index contributed by atoms with van der Waals surface area (Å²) in [7, 11) is -3.14. The minimum absolute atomic E-state index is 0.0587. The summed E-state index contributed by atoms with van der Waals surface area (Å²) in [6, 6.07) is 0.136. The van der Waals surface area contributed by atoms with Crippen molar-refractivity contribution in [3.8, 4) is 0 Å². The van der Waals surface area contributed by atoms with Gasteiger partial charge in [0, 0.05) is 44.2 Å². The zero-order valence-electron chi connectivity index (χ0n) is 13.7. The molecule has 1 N–H and O–H groups in total. The Kier molecular flexibility index (Phi) is 4.46. The molecule has 2 aliphatic rings. The van der Waals surface area contributed by atoms with Gasteiger partial charge in [0.15, 0.2) is 0 Å². The van der Waals surface area contributed by atoms with E-state index in [1.54, 1.807) is 0 Å².